The number of carbonyl (C=O) groups is 1. The van der Waals surface area contributed by atoms with Crippen molar-refractivity contribution in [3.8, 4) is 0 Å². The van der Waals surface area contributed by atoms with Gasteiger partial charge in [0.1, 0.15) is 0 Å². The standard InChI is InChI=1S/C15H23NO2S/c1-13(2)10-16(3)11-15(19,18-12-17)9-14-7-5-4-6-8-14/h4-8,12-13,19H,9-11H2,1-3H3. The molecule has 0 aliphatic carbocycles. The maximum atomic E-state index is 10.7. The van der Waals surface area contributed by atoms with Crippen LogP contribution in [-0.4, -0.2) is 36.4 Å². The van der Waals surface area contributed by atoms with Crippen LogP contribution in [-0.2, 0) is 16.0 Å². The zero-order valence-electron chi connectivity index (χ0n) is 11.9. The second-order valence-electron chi connectivity index (χ2n) is 5.41. The van der Waals surface area contributed by atoms with Crippen molar-refractivity contribution >= 4 is 19.1 Å². The molecule has 0 bridgehead atoms. The van der Waals surface area contributed by atoms with Crippen molar-refractivity contribution in [3.63, 3.8) is 0 Å². The molecule has 19 heavy (non-hydrogen) atoms. The third kappa shape index (κ3) is 6.12. The maximum absolute atomic E-state index is 10.7. The summed E-state index contributed by atoms with van der Waals surface area (Å²) in [6.07, 6.45) is 0.595. The molecule has 1 atom stereocenters. The first-order valence-electron chi connectivity index (χ1n) is 6.51. The van der Waals surface area contributed by atoms with Crippen LogP contribution in [0.4, 0.5) is 0 Å². The number of ether oxygens (including phenoxy) is 1. The lowest BCUT2D eigenvalue weighted by Crippen LogP contribution is -2.42. The lowest BCUT2D eigenvalue weighted by atomic mass is 10.1. The first-order valence-corrected chi connectivity index (χ1v) is 6.96. The molecule has 0 N–H and O–H groups in total. The van der Waals surface area contributed by atoms with Crippen LogP contribution >= 0.6 is 12.6 Å². The average molecular weight is 281 g/mol. The normalized spacial score (nSPS) is 14.4. The molecule has 0 aliphatic rings. The zero-order chi connectivity index (χ0) is 14.3. The highest BCUT2D eigenvalue weighted by Gasteiger charge is 2.29. The van der Waals surface area contributed by atoms with E-state index in [1.54, 1.807) is 0 Å². The first-order chi connectivity index (χ1) is 8.95. The number of carbonyl (C=O) groups excluding carboxylic acids is 1. The van der Waals surface area contributed by atoms with Crippen molar-refractivity contribution in [2.45, 2.75) is 25.2 Å². The van der Waals surface area contributed by atoms with E-state index in [9.17, 15) is 4.79 Å². The van der Waals surface area contributed by atoms with Gasteiger partial charge in [0.25, 0.3) is 6.47 Å². The van der Waals surface area contributed by atoms with Crippen LogP contribution < -0.4 is 0 Å². The summed E-state index contributed by atoms with van der Waals surface area (Å²) >= 11 is 4.58. The monoisotopic (exact) mass is 281 g/mol. The van der Waals surface area contributed by atoms with Crippen molar-refractivity contribution in [1.29, 1.82) is 0 Å². The number of nitrogens with zero attached hydrogens (tertiary/aromatic N) is 1. The van der Waals surface area contributed by atoms with E-state index >= 15 is 0 Å². The molecule has 3 nitrogen and oxygen atoms in total. The highest BCUT2D eigenvalue weighted by molar-refractivity contribution is 7.81. The molecule has 0 saturated heterocycles. The summed E-state index contributed by atoms with van der Waals surface area (Å²) in [5, 5.41) is 0. The number of hydrogen-bond acceptors (Lipinski definition) is 4. The fourth-order valence-corrected chi connectivity index (χ4v) is 2.72. The van der Waals surface area contributed by atoms with Crippen molar-refractivity contribution in [3.05, 3.63) is 35.9 Å². The molecule has 0 heterocycles. The summed E-state index contributed by atoms with van der Waals surface area (Å²) in [5.41, 5.74) is 1.11. The Kier molecular flexibility index (Phi) is 6.38. The van der Waals surface area contributed by atoms with E-state index in [1.807, 2.05) is 37.4 Å². The van der Waals surface area contributed by atoms with Gasteiger partial charge in [-0.2, -0.15) is 0 Å². The second kappa shape index (κ2) is 7.56. The maximum Gasteiger partial charge on any atom is 0.294 e. The van der Waals surface area contributed by atoms with Crippen molar-refractivity contribution in [2.75, 3.05) is 20.1 Å². The quantitative estimate of drug-likeness (QED) is 0.451. The molecule has 0 fully saturated rings. The number of benzene rings is 1. The largest absolute Gasteiger partial charge is 0.449 e. The van der Waals surface area contributed by atoms with E-state index in [0.717, 1.165) is 12.1 Å². The molecule has 1 rings (SSSR count). The van der Waals surface area contributed by atoms with Crippen molar-refractivity contribution < 1.29 is 9.53 Å². The van der Waals surface area contributed by atoms with Gasteiger partial charge in [-0.05, 0) is 18.5 Å². The van der Waals surface area contributed by atoms with Gasteiger partial charge in [-0.1, -0.05) is 44.2 Å². The van der Waals surface area contributed by atoms with Crippen molar-refractivity contribution in [2.24, 2.45) is 5.92 Å². The van der Waals surface area contributed by atoms with E-state index in [0.29, 0.717) is 25.4 Å². The zero-order valence-corrected chi connectivity index (χ0v) is 12.8. The van der Waals surface area contributed by atoms with E-state index < -0.39 is 4.93 Å². The number of likely N-dealkylation sites (N-methyl/N-ethyl adjacent to an activating group) is 1. The summed E-state index contributed by atoms with van der Waals surface area (Å²) in [6.45, 7) is 6.35. The summed E-state index contributed by atoms with van der Waals surface area (Å²) in [4.78, 5) is 12.1. The van der Waals surface area contributed by atoms with Crippen LogP contribution in [0.2, 0.25) is 0 Å². The van der Waals surface area contributed by atoms with Gasteiger partial charge in [0.05, 0.1) is 0 Å². The molecule has 1 aromatic rings. The third-order valence-corrected chi connectivity index (χ3v) is 3.19. The topological polar surface area (TPSA) is 29.5 Å². The molecule has 0 amide bonds. The average Bonchev–Trinajstić information content (AvgIpc) is 2.28. The van der Waals surface area contributed by atoms with Gasteiger partial charge in [0.2, 0.25) is 0 Å². The Labute approximate surface area is 121 Å². The van der Waals surface area contributed by atoms with Crippen LogP contribution in [0, 0.1) is 5.92 Å². The van der Waals surface area contributed by atoms with E-state index in [2.05, 4.69) is 31.4 Å². The highest BCUT2D eigenvalue weighted by Crippen LogP contribution is 2.23. The lowest BCUT2D eigenvalue weighted by molar-refractivity contribution is -0.136. The van der Waals surface area contributed by atoms with Crippen LogP contribution in [0.1, 0.15) is 19.4 Å². The fraction of sp³-hybridized carbons (Fsp3) is 0.533. The second-order valence-corrected chi connectivity index (χ2v) is 6.23. The highest BCUT2D eigenvalue weighted by atomic mass is 32.1. The van der Waals surface area contributed by atoms with Gasteiger partial charge in [-0.3, -0.25) is 4.79 Å². The minimum Gasteiger partial charge on any atom is -0.449 e. The Hall–Kier alpha value is -1.00. The van der Waals surface area contributed by atoms with E-state index in [1.165, 1.54) is 0 Å². The predicted octanol–water partition coefficient (Wildman–Crippen LogP) is 2.62. The molecule has 0 saturated carbocycles. The summed E-state index contributed by atoms with van der Waals surface area (Å²) < 4.78 is 5.23. The van der Waals surface area contributed by atoms with Gasteiger partial charge in [-0.25, -0.2) is 0 Å². The van der Waals surface area contributed by atoms with Gasteiger partial charge in [0.15, 0.2) is 4.93 Å². The van der Waals surface area contributed by atoms with Gasteiger partial charge in [0, 0.05) is 19.5 Å². The Bertz CT molecular complexity index is 383. The van der Waals surface area contributed by atoms with Gasteiger partial charge in [-0.15, -0.1) is 12.6 Å². The smallest absolute Gasteiger partial charge is 0.294 e. The van der Waals surface area contributed by atoms with Crippen LogP contribution in [0.25, 0.3) is 0 Å². The Morgan fingerprint density at radius 1 is 1.37 bits per heavy atom. The summed E-state index contributed by atoms with van der Waals surface area (Å²) in [6, 6.07) is 9.95. The molecule has 106 valence electrons. The number of rotatable bonds is 8. The van der Waals surface area contributed by atoms with E-state index in [4.69, 9.17) is 4.74 Å². The summed E-state index contributed by atoms with van der Waals surface area (Å²) in [7, 11) is 2.02. The molecular formula is C15H23NO2S. The Morgan fingerprint density at radius 2 is 2.00 bits per heavy atom. The molecule has 1 unspecified atom stereocenters. The molecular weight excluding hydrogens is 258 g/mol. The Balaban J connectivity index is 2.70. The SMILES string of the molecule is CC(C)CN(C)CC(S)(Cc1ccccc1)OC=O. The molecule has 0 aromatic heterocycles. The van der Waals surface area contributed by atoms with E-state index in [-0.39, 0.29) is 0 Å². The van der Waals surface area contributed by atoms with Crippen LogP contribution in [0.5, 0.6) is 0 Å². The molecule has 0 radical (unpaired) electrons. The molecule has 4 heteroatoms. The fourth-order valence-electron chi connectivity index (χ4n) is 2.25. The minimum atomic E-state index is -0.785. The minimum absolute atomic E-state index is 0.485. The number of thiol groups is 1. The third-order valence-electron chi connectivity index (χ3n) is 2.78. The first kappa shape index (κ1) is 16.1. The van der Waals surface area contributed by atoms with Gasteiger partial charge >= 0.3 is 0 Å². The molecule has 1 aromatic carbocycles. The lowest BCUT2D eigenvalue weighted by Gasteiger charge is -2.32. The molecule has 0 spiro atoms. The van der Waals surface area contributed by atoms with Crippen LogP contribution in [0.3, 0.4) is 0 Å². The predicted molar refractivity (Wildman–Crippen MR) is 81.3 cm³/mol. The van der Waals surface area contributed by atoms with Crippen molar-refractivity contribution in [1.82, 2.24) is 4.90 Å². The number of hydrogen-bond donors (Lipinski definition) is 1. The summed E-state index contributed by atoms with van der Waals surface area (Å²) in [5.74, 6) is 0.565. The molecule has 0 aliphatic heterocycles. The van der Waals surface area contributed by atoms with Gasteiger partial charge < -0.3 is 9.64 Å². The van der Waals surface area contributed by atoms with Crippen LogP contribution in [0.15, 0.2) is 30.3 Å². The Morgan fingerprint density at radius 3 is 2.53 bits per heavy atom.